The molecule has 0 atom stereocenters. The van der Waals surface area contributed by atoms with Gasteiger partial charge in [-0.25, -0.2) is 9.18 Å². The number of carbonyl (C=O) groups is 2. The van der Waals surface area contributed by atoms with Crippen LogP contribution < -0.4 is 9.47 Å². The first kappa shape index (κ1) is 26.2. The molecule has 0 fully saturated rings. The van der Waals surface area contributed by atoms with Gasteiger partial charge in [-0.1, -0.05) is 23.2 Å². The number of benzene rings is 3. The van der Waals surface area contributed by atoms with Crippen molar-refractivity contribution in [2.24, 2.45) is 0 Å². The topological polar surface area (TPSA) is 98.0 Å². The summed E-state index contributed by atoms with van der Waals surface area (Å²) in [5.74, 6) is -2.44. The van der Waals surface area contributed by atoms with Crippen molar-refractivity contribution in [2.45, 2.75) is 12.5 Å². The predicted molar refractivity (Wildman–Crippen MR) is 130 cm³/mol. The predicted octanol–water partition coefficient (Wildman–Crippen LogP) is 7.00. The molecule has 7 nitrogen and oxygen atoms in total. The lowest BCUT2D eigenvalue weighted by molar-refractivity contribution is -0.186. The highest BCUT2D eigenvalue weighted by molar-refractivity contribution is 6.42. The van der Waals surface area contributed by atoms with E-state index in [1.54, 1.807) is 6.07 Å². The van der Waals surface area contributed by atoms with Gasteiger partial charge in [0.15, 0.2) is 6.67 Å². The van der Waals surface area contributed by atoms with Crippen molar-refractivity contribution in [3.63, 3.8) is 0 Å². The minimum Gasteiger partial charge on any atom is -0.481 e. The highest BCUT2D eigenvalue weighted by Gasteiger charge is 2.32. The fourth-order valence-corrected chi connectivity index (χ4v) is 4.06. The molecule has 0 bridgehead atoms. The van der Waals surface area contributed by atoms with Gasteiger partial charge in [-0.05, 0) is 54.6 Å². The number of hydrogen-bond donors (Lipinski definition) is 2. The molecule has 12 heteroatoms. The molecular formula is C25H16Cl2F3NO6. The summed E-state index contributed by atoms with van der Waals surface area (Å²) in [5.41, 5.74) is 0.242. The van der Waals surface area contributed by atoms with Gasteiger partial charge in [0, 0.05) is 22.8 Å². The third kappa shape index (κ3) is 5.60. The zero-order valence-corrected chi connectivity index (χ0v) is 20.1. The van der Waals surface area contributed by atoms with E-state index in [-0.39, 0.29) is 38.9 Å². The summed E-state index contributed by atoms with van der Waals surface area (Å²) in [6.45, 7) is -2.02. The largest absolute Gasteiger partial charge is 0.481 e. The third-order valence-corrected chi connectivity index (χ3v) is 5.95. The Morgan fingerprint density at radius 1 is 0.892 bits per heavy atom. The molecular weight excluding hydrogens is 538 g/mol. The first-order chi connectivity index (χ1) is 17.5. The summed E-state index contributed by atoms with van der Waals surface area (Å²) in [5, 5.41) is 20.2. The summed E-state index contributed by atoms with van der Waals surface area (Å²) in [7, 11) is 0. The number of aliphatic carboxylic acids is 1. The second kappa shape index (κ2) is 10.2. The van der Waals surface area contributed by atoms with Crippen LogP contribution in [0.3, 0.4) is 0 Å². The SMILES string of the molecule is O=C(O)Cc1c(C(=O)O)c2cc(Oc3ccc(Cl)c(Cl)c3)ccc2n1-c1ccc(OC(F)(F)CF)cc1. The molecule has 2 N–H and O–H groups in total. The van der Waals surface area contributed by atoms with E-state index < -0.39 is 31.1 Å². The molecule has 4 aromatic rings. The van der Waals surface area contributed by atoms with E-state index in [4.69, 9.17) is 27.9 Å². The summed E-state index contributed by atoms with van der Waals surface area (Å²) in [4.78, 5) is 23.9. The lowest BCUT2D eigenvalue weighted by atomic mass is 10.1. The Kier molecular flexibility index (Phi) is 7.24. The van der Waals surface area contributed by atoms with Crippen LogP contribution in [0, 0.1) is 0 Å². The maximum Gasteiger partial charge on any atom is 0.427 e. The van der Waals surface area contributed by atoms with E-state index in [9.17, 15) is 33.0 Å². The molecule has 0 aliphatic heterocycles. The summed E-state index contributed by atoms with van der Waals surface area (Å²) < 4.78 is 50.4. The number of hydrogen-bond acceptors (Lipinski definition) is 4. The van der Waals surface area contributed by atoms with Crippen LogP contribution in [-0.4, -0.2) is 39.5 Å². The van der Waals surface area contributed by atoms with Gasteiger partial charge in [0.25, 0.3) is 0 Å². The van der Waals surface area contributed by atoms with Gasteiger partial charge in [-0.15, -0.1) is 0 Å². The number of alkyl halides is 3. The number of aromatic carboxylic acids is 1. The number of rotatable bonds is 9. The van der Waals surface area contributed by atoms with E-state index in [1.807, 2.05) is 0 Å². The number of fused-ring (bicyclic) bond motifs is 1. The molecule has 0 aliphatic rings. The average molecular weight is 554 g/mol. The zero-order chi connectivity index (χ0) is 26.9. The van der Waals surface area contributed by atoms with Crippen molar-refractivity contribution in [3.8, 4) is 22.9 Å². The second-order valence-corrected chi connectivity index (χ2v) is 8.57. The normalized spacial score (nSPS) is 11.5. The van der Waals surface area contributed by atoms with Crippen LogP contribution in [0.1, 0.15) is 16.1 Å². The van der Waals surface area contributed by atoms with Crippen molar-refractivity contribution in [1.82, 2.24) is 4.57 Å². The van der Waals surface area contributed by atoms with Gasteiger partial charge >= 0.3 is 18.0 Å². The molecule has 1 aromatic heterocycles. The Labute approximate surface area is 217 Å². The summed E-state index contributed by atoms with van der Waals surface area (Å²) in [6, 6.07) is 14.0. The summed E-state index contributed by atoms with van der Waals surface area (Å²) in [6.07, 6.45) is -4.67. The van der Waals surface area contributed by atoms with Crippen molar-refractivity contribution in [3.05, 3.63) is 82.0 Å². The number of ether oxygens (including phenoxy) is 2. The van der Waals surface area contributed by atoms with Gasteiger partial charge in [-0.2, -0.15) is 8.78 Å². The van der Waals surface area contributed by atoms with Crippen molar-refractivity contribution in [1.29, 1.82) is 0 Å². The second-order valence-electron chi connectivity index (χ2n) is 7.76. The molecule has 0 radical (unpaired) electrons. The first-order valence-electron chi connectivity index (χ1n) is 10.5. The molecule has 1 heterocycles. The Hall–Kier alpha value is -3.89. The van der Waals surface area contributed by atoms with Crippen LogP contribution in [0.15, 0.2) is 60.7 Å². The van der Waals surface area contributed by atoms with Crippen molar-refractivity contribution < 1.29 is 42.4 Å². The quantitative estimate of drug-likeness (QED) is 0.231. The minimum atomic E-state index is -4.02. The van der Waals surface area contributed by atoms with Crippen LogP contribution in [0.25, 0.3) is 16.6 Å². The number of carboxylic acid groups (broad SMARTS) is 2. The fraction of sp³-hybridized carbons (Fsp3) is 0.120. The van der Waals surface area contributed by atoms with Crippen LogP contribution in [0.5, 0.6) is 17.2 Å². The van der Waals surface area contributed by atoms with Crippen molar-refractivity contribution >= 4 is 46.0 Å². The van der Waals surface area contributed by atoms with Gasteiger partial charge in [-0.3, -0.25) is 4.79 Å². The Balaban J connectivity index is 1.84. The molecule has 0 spiro atoms. The molecule has 0 aliphatic carbocycles. The highest BCUT2D eigenvalue weighted by Crippen LogP contribution is 2.36. The minimum absolute atomic E-state index is 0.0653. The van der Waals surface area contributed by atoms with Crippen LogP contribution in [0.2, 0.25) is 10.0 Å². The third-order valence-electron chi connectivity index (χ3n) is 5.21. The number of nitrogens with zero attached hydrogens (tertiary/aromatic N) is 1. The smallest absolute Gasteiger partial charge is 0.427 e. The van der Waals surface area contributed by atoms with E-state index in [2.05, 4.69) is 4.74 Å². The molecule has 37 heavy (non-hydrogen) atoms. The maximum absolute atomic E-state index is 13.2. The zero-order valence-electron chi connectivity index (χ0n) is 18.6. The highest BCUT2D eigenvalue weighted by atomic mass is 35.5. The number of carboxylic acids is 2. The standard InChI is InChI=1S/C25H16Cl2F3NO6/c26-18-7-5-16(10-19(18)27)36-15-6-8-20-17(9-15)23(24(34)35)21(11-22(32)33)31(20)13-1-3-14(4-2-13)37-25(29,30)12-28/h1-10H,11-12H2,(H,32,33)(H,34,35). The molecule has 192 valence electrons. The molecule has 0 amide bonds. The van der Waals surface area contributed by atoms with Gasteiger partial charge in [0.2, 0.25) is 0 Å². The lowest BCUT2D eigenvalue weighted by Gasteiger charge is -2.15. The number of halogens is 5. The lowest BCUT2D eigenvalue weighted by Crippen LogP contribution is -2.26. The Morgan fingerprint density at radius 2 is 1.51 bits per heavy atom. The van der Waals surface area contributed by atoms with E-state index >= 15 is 0 Å². The Bertz CT molecular complexity index is 1500. The monoisotopic (exact) mass is 553 g/mol. The Morgan fingerprint density at radius 3 is 2.11 bits per heavy atom. The molecule has 3 aromatic carbocycles. The van der Waals surface area contributed by atoms with Crippen molar-refractivity contribution in [2.75, 3.05) is 6.67 Å². The van der Waals surface area contributed by atoms with E-state index in [1.165, 1.54) is 47.0 Å². The molecule has 0 saturated carbocycles. The fourth-order valence-electron chi connectivity index (χ4n) is 3.77. The number of aromatic nitrogens is 1. The summed E-state index contributed by atoms with van der Waals surface area (Å²) >= 11 is 11.9. The molecule has 4 rings (SSSR count). The first-order valence-corrected chi connectivity index (χ1v) is 11.2. The van der Waals surface area contributed by atoms with Crippen LogP contribution >= 0.6 is 23.2 Å². The van der Waals surface area contributed by atoms with Gasteiger partial charge in [0.1, 0.15) is 17.2 Å². The average Bonchev–Trinajstić information content (AvgIpc) is 3.14. The van der Waals surface area contributed by atoms with Gasteiger partial charge < -0.3 is 24.3 Å². The van der Waals surface area contributed by atoms with Crippen LogP contribution in [-0.2, 0) is 11.2 Å². The van der Waals surface area contributed by atoms with E-state index in [0.717, 1.165) is 12.1 Å². The van der Waals surface area contributed by atoms with E-state index in [0.29, 0.717) is 16.3 Å². The molecule has 0 saturated heterocycles. The molecule has 0 unspecified atom stereocenters. The maximum atomic E-state index is 13.2. The van der Waals surface area contributed by atoms with Gasteiger partial charge in [0.05, 0.1) is 27.5 Å². The van der Waals surface area contributed by atoms with Crippen LogP contribution in [0.4, 0.5) is 13.2 Å².